The summed E-state index contributed by atoms with van der Waals surface area (Å²) in [6.07, 6.45) is 53.7. The zero-order chi connectivity index (χ0) is 45.6. The van der Waals surface area contributed by atoms with Crippen LogP contribution in [-0.2, 0) is 33.3 Å². The normalized spacial score (nSPS) is 13.6. The summed E-state index contributed by atoms with van der Waals surface area (Å²) in [5, 5.41) is 11.7. The third kappa shape index (κ3) is 44.5. The number of quaternary nitrogens is 1. The van der Waals surface area contributed by atoms with Crippen molar-refractivity contribution in [2.45, 2.75) is 187 Å². The first-order valence-electron chi connectivity index (χ1n) is 24.2. The maximum atomic E-state index is 12.7. The highest BCUT2D eigenvalue weighted by Crippen LogP contribution is 2.14. The van der Waals surface area contributed by atoms with Crippen LogP contribution in [-0.4, -0.2) is 82.3 Å². The van der Waals surface area contributed by atoms with Crippen molar-refractivity contribution >= 4 is 17.9 Å². The largest absolute Gasteiger partial charge is 0.545 e. The molecule has 0 spiro atoms. The lowest BCUT2D eigenvalue weighted by Gasteiger charge is -2.26. The van der Waals surface area contributed by atoms with Gasteiger partial charge in [-0.3, -0.25) is 9.59 Å². The molecule has 0 aromatic rings. The molecule has 0 aliphatic heterocycles. The lowest BCUT2D eigenvalue weighted by molar-refractivity contribution is -0.870. The van der Waals surface area contributed by atoms with E-state index in [0.717, 1.165) is 103 Å². The number of rotatable bonds is 43. The minimum atomic E-state index is -1.62. The average molecular weight is 868 g/mol. The molecule has 354 valence electrons. The second kappa shape index (κ2) is 44.1. The average Bonchev–Trinajstić information content (AvgIpc) is 3.23. The molecule has 0 saturated carbocycles. The summed E-state index contributed by atoms with van der Waals surface area (Å²) in [6.45, 7) is 4.53. The number of hydrogen-bond donors (Lipinski definition) is 0. The molecule has 9 nitrogen and oxygen atoms in total. The van der Waals surface area contributed by atoms with Crippen LogP contribution >= 0.6 is 0 Å². The highest BCUT2D eigenvalue weighted by atomic mass is 16.7. The highest BCUT2D eigenvalue weighted by molar-refractivity contribution is 5.70. The zero-order valence-corrected chi connectivity index (χ0v) is 40.0. The second-order valence-corrected chi connectivity index (χ2v) is 17.0. The molecule has 9 heteroatoms. The number of carbonyl (C=O) groups is 3. The molecule has 0 aromatic heterocycles. The molecule has 0 aliphatic carbocycles. The van der Waals surface area contributed by atoms with Gasteiger partial charge >= 0.3 is 11.9 Å². The molecular weight excluding hydrogens is 779 g/mol. The SMILES string of the molecule is CC/C=C\C/C=C\C/C=C\C/C=C\C/C=C\C/C=C\C/C=C\CCCCCCCCCCCC(=O)OC(COC(=O)CCCCCCCC)COC(OCC[N+](C)(C)C)C(=O)[O-]. The van der Waals surface area contributed by atoms with Crippen LogP contribution in [0.5, 0.6) is 0 Å². The fourth-order valence-corrected chi connectivity index (χ4v) is 6.16. The summed E-state index contributed by atoms with van der Waals surface area (Å²) in [5.74, 6) is -2.31. The monoisotopic (exact) mass is 868 g/mol. The Bertz CT molecular complexity index is 1290. The van der Waals surface area contributed by atoms with Crippen LogP contribution in [0.3, 0.4) is 0 Å². The van der Waals surface area contributed by atoms with Crippen molar-refractivity contribution in [1.82, 2.24) is 0 Å². The fourth-order valence-electron chi connectivity index (χ4n) is 6.16. The third-order valence-corrected chi connectivity index (χ3v) is 9.91. The number of nitrogens with zero attached hydrogens (tertiary/aromatic N) is 1. The lowest BCUT2D eigenvalue weighted by atomic mass is 10.1. The van der Waals surface area contributed by atoms with Gasteiger partial charge in [0, 0.05) is 12.8 Å². The quantitative estimate of drug-likeness (QED) is 0.0196. The van der Waals surface area contributed by atoms with Crippen molar-refractivity contribution in [2.24, 2.45) is 0 Å². The fraction of sp³-hybridized carbons (Fsp3) is 0.679. The smallest absolute Gasteiger partial charge is 0.306 e. The van der Waals surface area contributed by atoms with Gasteiger partial charge in [0.2, 0.25) is 0 Å². The molecule has 0 N–H and O–H groups in total. The summed E-state index contributed by atoms with van der Waals surface area (Å²) in [7, 11) is 5.89. The number of aliphatic carboxylic acids is 1. The van der Waals surface area contributed by atoms with E-state index in [2.05, 4.69) is 98.9 Å². The maximum Gasteiger partial charge on any atom is 0.306 e. The van der Waals surface area contributed by atoms with E-state index in [0.29, 0.717) is 17.4 Å². The molecular formula is C53H89NO8. The third-order valence-electron chi connectivity index (χ3n) is 9.91. The number of carboxylic acid groups (broad SMARTS) is 1. The molecule has 0 amide bonds. The molecule has 0 aromatic carbocycles. The van der Waals surface area contributed by atoms with Crippen molar-refractivity contribution in [3.63, 3.8) is 0 Å². The van der Waals surface area contributed by atoms with Gasteiger partial charge in [0.25, 0.3) is 0 Å². The van der Waals surface area contributed by atoms with Crippen molar-refractivity contribution in [3.05, 3.63) is 85.1 Å². The van der Waals surface area contributed by atoms with Crippen molar-refractivity contribution in [1.29, 1.82) is 0 Å². The Morgan fingerprint density at radius 1 is 0.500 bits per heavy atom. The Balaban J connectivity index is 4.14. The Morgan fingerprint density at radius 3 is 1.37 bits per heavy atom. The molecule has 0 saturated heterocycles. The van der Waals surface area contributed by atoms with E-state index in [-0.39, 0.29) is 38.6 Å². The van der Waals surface area contributed by atoms with Crippen LogP contribution < -0.4 is 5.11 Å². The van der Waals surface area contributed by atoms with Gasteiger partial charge < -0.3 is 33.3 Å². The van der Waals surface area contributed by atoms with Gasteiger partial charge in [0.15, 0.2) is 12.4 Å². The number of carboxylic acids is 1. The predicted octanol–water partition coefficient (Wildman–Crippen LogP) is 11.9. The van der Waals surface area contributed by atoms with Gasteiger partial charge in [-0.2, -0.15) is 0 Å². The topological polar surface area (TPSA) is 111 Å². The number of carbonyl (C=O) groups excluding carboxylic acids is 3. The van der Waals surface area contributed by atoms with Gasteiger partial charge in [-0.25, -0.2) is 0 Å². The van der Waals surface area contributed by atoms with Crippen LogP contribution in [0.4, 0.5) is 0 Å². The van der Waals surface area contributed by atoms with E-state index in [4.69, 9.17) is 18.9 Å². The number of unbranched alkanes of at least 4 members (excludes halogenated alkanes) is 14. The number of esters is 2. The van der Waals surface area contributed by atoms with E-state index in [1.165, 1.54) is 38.5 Å². The first kappa shape index (κ1) is 58.5. The molecule has 2 unspecified atom stereocenters. The van der Waals surface area contributed by atoms with E-state index < -0.39 is 24.3 Å². The van der Waals surface area contributed by atoms with E-state index in [9.17, 15) is 19.5 Å². The zero-order valence-electron chi connectivity index (χ0n) is 40.0. The van der Waals surface area contributed by atoms with Crippen molar-refractivity contribution < 1.29 is 42.9 Å². The predicted molar refractivity (Wildman–Crippen MR) is 255 cm³/mol. The summed E-state index contributed by atoms with van der Waals surface area (Å²) >= 11 is 0. The second-order valence-electron chi connectivity index (χ2n) is 17.0. The van der Waals surface area contributed by atoms with Gasteiger partial charge in [0.1, 0.15) is 13.2 Å². The maximum absolute atomic E-state index is 12.7. The molecule has 0 aliphatic rings. The molecule has 0 bridgehead atoms. The molecule has 2 atom stereocenters. The first-order valence-corrected chi connectivity index (χ1v) is 24.2. The Hall–Kier alpha value is -3.53. The van der Waals surface area contributed by atoms with Crippen LogP contribution in [0, 0.1) is 0 Å². The number of hydrogen-bond acceptors (Lipinski definition) is 8. The summed E-state index contributed by atoms with van der Waals surface area (Å²) in [6, 6.07) is 0. The van der Waals surface area contributed by atoms with Gasteiger partial charge in [0.05, 0.1) is 40.3 Å². The van der Waals surface area contributed by atoms with Crippen LogP contribution in [0.2, 0.25) is 0 Å². The summed E-state index contributed by atoms with van der Waals surface area (Å²) < 4.78 is 22.4. The van der Waals surface area contributed by atoms with E-state index in [1.54, 1.807) is 0 Å². The molecule has 0 rings (SSSR count). The minimum absolute atomic E-state index is 0.143. The number of likely N-dealkylation sites (N-methyl/N-ethyl adjacent to an activating group) is 1. The van der Waals surface area contributed by atoms with Crippen LogP contribution in [0.25, 0.3) is 0 Å². The van der Waals surface area contributed by atoms with Gasteiger partial charge in [-0.1, -0.05) is 176 Å². The highest BCUT2D eigenvalue weighted by Gasteiger charge is 2.21. The Morgan fingerprint density at radius 2 is 0.919 bits per heavy atom. The summed E-state index contributed by atoms with van der Waals surface area (Å²) in [4.78, 5) is 36.8. The van der Waals surface area contributed by atoms with Crippen LogP contribution in [0.15, 0.2) is 85.1 Å². The Kier molecular flexibility index (Phi) is 41.6. The van der Waals surface area contributed by atoms with Crippen molar-refractivity contribution in [3.8, 4) is 0 Å². The molecule has 62 heavy (non-hydrogen) atoms. The van der Waals surface area contributed by atoms with Gasteiger partial charge in [-0.15, -0.1) is 0 Å². The van der Waals surface area contributed by atoms with Gasteiger partial charge in [-0.05, 0) is 70.6 Å². The van der Waals surface area contributed by atoms with Crippen LogP contribution in [0.1, 0.15) is 174 Å². The minimum Gasteiger partial charge on any atom is -0.545 e. The first-order chi connectivity index (χ1) is 30.1. The molecule has 0 fully saturated rings. The molecule has 0 radical (unpaired) electrons. The standard InChI is InChI=1S/C53H89NO8/c1-6-8-10-12-14-15-16-17-18-19-20-21-22-23-24-25-26-27-28-29-30-31-32-33-34-35-36-37-38-40-42-44-51(56)62-49(47-60-50(55)43-41-39-13-11-9-7-2)48-61-53(52(57)58)59-46-45-54(3,4)5/h8,10,14-15,17-18,20-21,23-24,26-27,29-30,49,53H,6-7,9,11-13,16,19,22,25,28,31-48H2,1-5H3/b10-8-,15-14-,18-17-,21-20-,24-23-,27-26-,30-29-. The van der Waals surface area contributed by atoms with E-state index >= 15 is 0 Å². The Labute approximate surface area is 379 Å². The van der Waals surface area contributed by atoms with Crippen molar-refractivity contribution in [2.75, 3.05) is 47.5 Å². The number of allylic oxidation sites excluding steroid dienone is 14. The molecule has 0 heterocycles. The van der Waals surface area contributed by atoms with E-state index in [1.807, 2.05) is 21.1 Å². The summed E-state index contributed by atoms with van der Waals surface area (Å²) in [5.41, 5.74) is 0. The lowest BCUT2D eigenvalue weighted by Crippen LogP contribution is -2.44. The number of ether oxygens (including phenoxy) is 4.